The number of hydrogen-bond acceptors (Lipinski definition) is 4. The van der Waals surface area contributed by atoms with Crippen molar-refractivity contribution in [3.8, 4) is 5.88 Å². The summed E-state index contributed by atoms with van der Waals surface area (Å²) in [5.74, 6) is 0.647. The number of pyridine rings is 1. The third-order valence-electron chi connectivity index (χ3n) is 2.89. The first-order valence-electron chi connectivity index (χ1n) is 5.86. The zero-order valence-electron chi connectivity index (χ0n) is 9.93. The van der Waals surface area contributed by atoms with E-state index in [1.165, 1.54) is 0 Å². The molecule has 5 heteroatoms. The van der Waals surface area contributed by atoms with Gasteiger partial charge in [-0.1, -0.05) is 6.92 Å². The van der Waals surface area contributed by atoms with Crippen LogP contribution in [0.5, 0.6) is 5.88 Å². The quantitative estimate of drug-likeness (QED) is 0.851. The van der Waals surface area contributed by atoms with Gasteiger partial charge in [-0.2, -0.15) is 0 Å². The lowest BCUT2D eigenvalue weighted by atomic mass is 10.2. The van der Waals surface area contributed by atoms with Gasteiger partial charge in [-0.15, -0.1) is 0 Å². The molecule has 94 valence electrons. The third kappa shape index (κ3) is 3.40. The minimum atomic E-state index is 0.322. The van der Waals surface area contributed by atoms with Crippen LogP contribution in [0.3, 0.4) is 0 Å². The van der Waals surface area contributed by atoms with E-state index in [9.17, 15) is 0 Å². The Morgan fingerprint density at radius 3 is 3.29 bits per heavy atom. The summed E-state index contributed by atoms with van der Waals surface area (Å²) < 4.78 is 12.1. The Bertz CT molecular complexity index is 362. The largest absolute Gasteiger partial charge is 0.475 e. The van der Waals surface area contributed by atoms with Crippen LogP contribution in [0.2, 0.25) is 0 Å². The number of aromatic nitrogens is 1. The summed E-state index contributed by atoms with van der Waals surface area (Å²) in [6.07, 6.45) is 1.73. The van der Waals surface area contributed by atoms with E-state index in [0.29, 0.717) is 18.5 Å². The van der Waals surface area contributed by atoms with Crippen LogP contribution in [-0.2, 0) is 4.74 Å². The molecule has 1 saturated heterocycles. The van der Waals surface area contributed by atoms with E-state index in [-0.39, 0.29) is 0 Å². The fraction of sp³-hybridized carbons (Fsp3) is 0.583. The number of rotatable bonds is 4. The average molecular weight is 301 g/mol. The van der Waals surface area contributed by atoms with Crippen molar-refractivity contribution in [3.63, 3.8) is 0 Å². The van der Waals surface area contributed by atoms with Crippen molar-refractivity contribution in [1.82, 2.24) is 9.88 Å². The normalized spacial score (nSPS) is 21.4. The lowest BCUT2D eigenvalue weighted by Gasteiger charge is -2.34. The molecule has 0 saturated carbocycles. The molecule has 0 radical (unpaired) electrons. The van der Waals surface area contributed by atoms with Crippen LogP contribution < -0.4 is 4.74 Å². The van der Waals surface area contributed by atoms with Crippen LogP contribution in [0.4, 0.5) is 0 Å². The predicted molar refractivity (Wildman–Crippen MR) is 69.3 cm³/mol. The lowest BCUT2D eigenvalue weighted by molar-refractivity contribution is -0.0215. The van der Waals surface area contributed by atoms with Crippen LogP contribution in [-0.4, -0.2) is 48.8 Å². The number of morpholine rings is 1. The Balaban J connectivity index is 1.90. The molecule has 0 N–H and O–H groups in total. The van der Waals surface area contributed by atoms with Gasteiger partial charge in [-0.3, -0.25) is 4.90 Å². The van der Waals surface area contributed by atoms with Crippen molar-refractivity contribution in [1.29, 1.82) is 0 Å². The smallest absolute Gasteiger partial charge is 0.227 e. The minimum Gasteiger partial charge on any atom is -0.475 e. The Labute approximate surface area is 110 Å². The second kappa shape index (κ2) is 6.33. The standard InChI is InChI=1S/C12H17BrN2O2/c1-2-15-6-7-16-8-10(15)9-17-12-11(13)4-3-5-14-12/h3-5,10H,2,6-9H2,1H3. The monoisotopic (exact) mass is 300 g/mol. The fourth-order valence-electron chi connectivity index (χ4n) is 1.91. The van der Waals surface area contributed by atoms with Crippen LogP contribution in [0.25, 0.3) is 0 Å². The number of likely N-dealkylation sites (N-methyl/N-ethyl adjacent to an activating group) is 1. The number of hydrogen-bond donors (Lipinski definition) is 0. The van der Waals surface area contributed by atoms with E-state index in [4.69, 9.17) is 9.47 Å². The summed E-state index contributed by atoms with van der Waals surface area (Å²) in [4.78, 5) is 6.56. The molecule has 0 amide bonds. The number of nitrogens with zero attached hydrogens (tertiary/aromatic N) is 2. The number of halogens is 1. The first-order valence-corrected chi connectivity index (χ1v) is 6.65. The van der Waals surface area contributed by atoms with Crippen molar-refractivity contribution in [3.05, 3.63) is 22.8 Å². The molecule has 1 unspecified atom stereocenters. The second-order valence-corrected chi connectivity index (χ2v) is 4.81. The van der Waals surface area contributed by atoms with Gasteiger partial charge in [0, 0.05) is 12.7 Å². The SMILES string of the molecule is CCN1CCOCC1COc1ncccc1Br. The Hall–Kier alpha value is -0.650. The van der Waals surface area contributed by atoms with Crippen molar-refractivity contribution in [2.75, 3.05) is 32.9 Å². The van der Waals surface area contributed by atoms with E-state index in [2.05, 4.69) is 32.7 Å². The molecule has 0 aliphatic carbocycles. The van der Waals surface area contributed by atoms with Crippen LogP contribution in [0, 0.1) is 0 Å². The van der Waals surface area contributed by atoms with Gasteiger partial charge in [0.2, 0.25) is 5.88 Å². The first kappa shape index (κ1) is 12.8. The van der Waals surface area contributed by atoms with Gasteiger partial charge >= 0.3 is 0 Å². The molecule has 1 fully saturated rings. The summed E-state index contributed by atoms with van der Waals surface area (Å²) >= 11 is 3.42. The molecular weight excluding hydrogens is 284 g/mol. The molecule has 0 spiro atoms. The molecule has 1 atom stereocenters. The molecule has 1 aliphatic heterocycles. The average Bonchev–Trinajstić information content (AvgIpc) is 2.38. The maximum Gasteiger partial charge on any atom is 0.227 e. The molecular formula is C12H17BrN2O2. The molecule has 2 rings (SSSR count). The zero-order chi connectivity index (χ0) is 12.1. The van der Waals surface area contributed by atoms with Crippen LogP contribution in [0.1, 0.15) is 6.92 Å². The topological polar surface area (TPSA) is 34.6 Å². The molecule has 1 aromatic heterocycles. The fourth-order valence-corrected chi connectivity index (χ4v) is 2.28. The predicted octanol–water partition coefficient (Wildman–Crippen LogP) is 1.94. The zero-order valence-corrected chi connectivity index (χ0v) is 11.5. The van der Waals surface area contributed by atoms with Gasteiger partial charge in [0.1, 0.15) is 6.61 Å². The Morgan fingerprint density at radius 2 is 2.53 bits per heavy atom. The Kier molecular flexibility index (Phi) is 4.76. The van der Waals surface area contributed by atoms with Crippen molar-refractivity contribution < 1.29 is 9.47 Å². The maximum absolute atomic E-state index is 5.73. The van der Waals surface area contributed by atoms with Gasteiger partial charge in [0.05, 0.1) is 23.7 Å². The maximum atomic E-state index is 5.73. The van der Waals surface area contributed by atoms with Crippen LogP contribution >= 0.6 is 15.9 Å². The van der Waals surface area contributed by atoms with Gasteiger partial charge in [-0.05, 0) is 34.6 Å². The van der Waals surface area contributed by atoms with E-state index in [1.807, 2.05) is 12.1 Å². The van der Waals surface area contributed by atoms with Gasteiger partial charge in [-0.25, -0.2) is 4.98 Å². The molecule has 1 aliphatic rings. The molecule has 1 aromatic rings. The molecule has 4 nitrogen and oxygen atoms in total. The van der Waals surface area contributed by atoms with E-state index in [0.717, 1.165) is 30.8 Å². The Morgan fingerprint density at radius 1 is 1.65 bits per heavy atom. The summed E-state index contributed by atoms with van der Waals surface area (Å²) in [5, 5.41) is 0. The lowest BCUT2D eigenvalue weighted by Crippen LogP contribution is -2.48. The summed E-state index contributed by atoms with van der Waals surface area (Å²) in [5.41, 5.74) is 0. The summed E-state index contributed by atoms with van der Waals surface area (Å²) in [6.45, 7) is 6.34. The van der Waals surface area contributed by atoms with Crippen molar-refractivity contribution in [2.45, 2.75) is 13.0 Å². The summed E-state index contributed by atoms with van der Waals surface area (Å²) in [7, 11) is 0. The molecule has 0 aromatic carbocycles. The van der Waals surface area contributed by atoms with E-state index in [1.54, 1.807) is 6.20 Å². The van der Waals surface area contributed by atoms with E-state index < -0.39 is 0 Å². The molecule has 2 heterocycles. The highest BCUT2D eigenvalue weighted by molar-refractivity contribution is 9.10. The number of ether oxygens (including phenoxy) is 2. The minimum absolute atomic E-state index is 0.322. The highest BCUT2D eigenvalue weighted by Gasteiger charge is 2.22. The van der Waals surface area contributed by atoms with Gasteiger partial charge in [0.25, 0.3) is 0 Å². The molecule has 17 heavy (non-hydrogen) atoms. The van der Waals surface area contributed by atoms with Gasteiger partial charge in [0.15, 0.2) is 0 Å². The highest BCUT2D eigenvalue weighted by atomic mass is 79.9. The highest BCUT2D eigenvalue weighted by Crippen LogP contribution is 2.21. The molecule has 0 bridgehead atoms. The second-order valence-electron chi connectivity index (χ2n) is 3.96. The first-order chi connectivity index (χ1) is 8.31. The van der Waals surface area contributed by atoms with Gasteiger partial charge < -0.3 is 9.47 Å². The van der Waals surface area contributed by atoms with Crippen LogP contribution in [0.15, 0.2) is 22.8 Å². The van der Waals surface area contributed by atoms with E-state index >= 15 is 0 Å². The van der Waals surface area contributed by atoms with Crippen molar-refractivity contribution in [2.24, 2.45) is 0 Å². The third-order valence-corrected chi connectivity index (χ3v) is 3.50. The summed E-state index contributed by atoms with van der Waals surface area (Å²) in [6, 6.07) is 4.12. The van der Waals surface area contributed by atoms with Crippen molar-refractivity contribution >= 4 is 15.9 Å².